The fraction of sp³-hybridized carbons (Fsp3) is 0.600. The van der Waals surface area contributed by atoms with Crippen LogP contribution < -0.4 is 10.6 Å². The molecular weight excluding hydrogens is 363 g/mol. The minimum atomic E-state index is -0.432. The molecule has 0 aromatic heterocycles. The zero-order valence-corrected chi connectivity index (χ0v) is 16.3. The Hall–Kier alpha value is -2.03. The van der Waals surface area contributed by atoms with Crippen molar-refractivity contribution in [2.24, 2.45) is 0 Å². The van der Waals surface area contributed by atoms with E-state index in [1.165, 1.54) is 12.1 Å². The number of carbonyl (C=O) groups is 2. The molecule has 2 fully saturated rings. The van der Waals surface area contributed by atoms with Crippen LogP contribution in [0.25, 0.3) is 0 Å². The quantitative estimate of drug-likeness (QED) is 0.600. The summed E-state index contributed by atoms with van der Waals surface area (Å²) in [4.78, 5) is 29.0. The maximum absolute atomic E-state index is 13.3. The zero-order valence-electron chi connectivity index (χ0n) is 16.3. The Morgan fingerprint density at radius 1 is 1.18 bits per heavy atom. The maximum atomic E-state index is 13.3. The average Bonchev–Trinajstić information content (AvgIpc) is 3.49. The van der Waals surface area contributed by atoms with Crippen LogP contribution in [0.3, 0.4) is 0 Å². The van der Waals surface area contributed by atoms with E-state index in [1.807, 2.05) is 0 Å². The summed E-state index contributed by atoms with van der Waals surface area (Å²) < 4.78 is 18.3. The Bertz CT molecular complexity index is 658. The Morgan fingerprint density at radius 2 is 1.86 bits per heavy atom. The van der Waals surface area contributed by atoms with Crippen LogP contribution in [0.2, 0.25) is 0 Å². The Labute approximate surface area is 165 Å². The fourth-order valence-electron chi connectivity index (χ4n) is 3.41. The van der Waals surface area contributed by atoms with Crippen molar-refractivity contribution in [3.8, 4) is 0 Å². The molecule has 0 bridgehead atoms. The molecule has 2 aliphatic rings. The third-order valence-electron chi connectivity index (χ3n) is 5.13. The van der Waals surface area contributed by atoms with Crippen LogP contribution in [0.4, 0.5) is 4.39 Å². The second-order valence-electron chi connectivity index (χ2n) is 7.39. The highest BCUT2D eigenvalue weighted by atomic mass is 19.1. The van der Waals surface area contributed by atoms with Crippen molar-refractivity contribution in [2.45, 2.75) is 24.9 Å². The van der Waals surface area contributed by atoms with Gasteiger partial charge >= 0.3 is 0 Å². The van der Waals surface area contributed by atoms with Gasteiger partial charge in [0.1, 0.15) is 11.9 Å². The number of benzene rings is 1. The summed E-state index contributed by atoms with van der Waals surface area (Å²) in [5.74, 6) is -0.360. The van der Waals surface area contributed by atoms with Crippen LogP contribution in [-0.2, 0) is 14.3 Å². The number of carbonyl (C=O) groups excluding carboxylic acids is 2. The number of nitrogens with one attached hydrogen (secondary N) is 2. The van der Waals surface area contributed by atoms with Gasteiger partial charge in [-0.05, 0) is 30.5 Å². The monoisotopic (exact) mass is 392 g/mol. The van der Waals surface area contributed by atoms with Crippen molar-refractivity contribution in [3.63, 3.8) is 0 Å². The van der Waals surface area contributed by atoms with Crippen LogP contribution in [0.15, 0.2) is 24.3 Å². The molecule has 154 valence electrons. The first-order valence-corrected chi connectivity index (χ1v) is 9.84. The van der Waals surface area contributed by atoms with Crippen LogP contribution in [-0.4, -0.2) is 80.6 Å². The summed E-state index contributed by atoms with van der Waals surface area (Å²) in [5, 5.41) is 5.90. The summed E-state index contributed by atoms with van der Waals surface area (Å²) >= 11 is 0. The molecule has 1 aromatic carbocycles. The second-order valence-corrected chi connectivity index (χ2v) is 7.39. The molecule has 1 atom stereocenters. The Kier molecular flexibility index (Phi) is 7.36. The molecule has 1 aliphatic carbocycles. The molecule has 2 amide bonds. The van der Waals surface area contributed by atoms with Crippen LogP contribution in [0.5, 0.6) is 0 Å². The molecular formula is C20H29FN4O3. The maximum Gasteiger partial charge on any atom is 0.242 e. The highest BCUT2D eigenvalue weighted by molar-refractivity contribution is 5.83. The number of hydrogen-bond donors (Lipinski definition) is 2. The molecule has 8 heteroatoms. The first kappa shape index (κ1) is 20.7. The van der Waals surface area contributed by atoms with Gasteiger partial charge in [0.15, 0.2) is 0 Å². The largest absolute Gasteiger partial charge is 0.383 e. The predicted molar refractivity (Wildman–Crippen MR) is 103 cm³/mol. The molecule has 7 nitrogen and oxygen atoms in total. The number of amides is 2. The molecule has 1 heterocycles. The molecule has 0 radical (unpaired) electrons. The van der Waals surface area contributed by atoms with E-state index in [9.17, 15) is 14.0 Å². The number of methoxy groups -OCH3 is 1. The van der Waals surface area contributed by atoms with Crippen molar-refractivity contribution in [2.75, 3.05) is 53.0 Å². The lowest BCUT2D eigenvalue weighted by Gasteiger charge is -2.38. The van der Waals surface area contributed by atoms with E-state index in [0.717, 1.165) is 18.4 Å². The van der Waals surface area contributed by atoms with Crippen LogP contribution in [0.1, 0.15) is 24.4 Å². The first-order chi connectivity index (χ1) is 13.6. The summed E-state index contributed by atoms with van der Waals surface area (Å²) in [7, 11) is 1.60. The minimum Gasteiger partial charge on any atom is -0.383 e. The van der Waals surface area contributed by atoms with Crippen molar-refractivity contribution in [1.82, 2.24) is 20.4 Å². The lowest BCUT2D eigenvalue weighted by atomic mass is 10.0. The van der Waals surface area contributed by atoms with E-state index in [2.05, 4.69) is 20.4 Å². The SMILES string of the molecule is COCCNC(=O)CN1CCN(C(C(=O)NC2CC2)c2ccc(F)cc2)CC1. The normalized spacial score (nSPS) is 19.2. The van der Waals surface area contributed by atoms with E-state index in [4.69, 9.17) is 4.74 Å². The van der Waals surface area contributed by atoms with Gasteiger partial charge in [0.05, 0.1) is 13.2 Å². The summed E-state index contributed by atoms with van der Waals surface area (Å²) in [6.45, 7) is 4.08. The third-order valence-corrected chi connectivity index (χ3v) is 5.13. The van der Waals surface area contributed by atoms with Gasteiger partial charge in [-0.2, -0.15) is 0 Å². The fourth-order valence-corrected chi connectivity index (χ4v) is 3.41. The zero-order chi connectivity index (χ0) is 19.9. The van der Waals surface area contributed by atoms with Gasteiger partial charge in [-0.1, -0.05) is 12.1 Å². The standard InChI is InChI=1S/C20H29FN4O3/c1-28-13-8-22-18(26)14-24-9-11-25(12-10-24)19(20(27)23-17-6-7-17)15-2-4-16(21)5-3-15/h2-5,17,19H,6-14H2,1H3,(H,22,26)(H,23,27). The minimum absolute atomic E-state index is 0.0212. The van der Waals surface area contributed by atoms with Crippen LogP contribution >= 0.6 is 0 Å². The molecule has 0 spiro atoms. The third kappa shape index (κ3) is 5.98. The smallest absolute Gasteiger partial charge is 0.242 e. The molecule has 1 saturated carbocycles. The summed E-state index contributed by atoms with van der Waals surface area (Å²) in [6, 6.07) is 6.00. The highest BCUT2D eigenvalue weighted by Gasteiger charge is 2.34. The number of hydrogen-bond acceptors (Lipinski definition) is 5. The molecule has 1 aliphatic heterocycles. The van der Waals surface area contributed by atoms with Gasteiger partial charge < -0.3 is 15.4 Å². The van der Waals surface area contributed by atoms with E-state index < -0.39 is 6.04 Å². The molecule has 2 N–H and O–H groups in total. The Morgan fingerprint density at radius 3 is 2.46 bits per heavy atom. The second kappa shape index (κ2) is 9.95. The van der Waals surface area contributed by atoms with Gasteiger partial charge in [0, 0.05) is 45.9 Å². The molecule has 1 saturated heterocycles. The molecule has 1 aromatic rings. The average molecular weight is 392 g/mol. The van der Waals surface area contributed by atoms with E-state index in [0.29, 0.717) is 45.9 Å². The lowest BCUT2D eigenvalue weighted by Crippen LogP contribution is -2.53. The van der Waals surface area contributed by atoms with Gasteiger partial charge in [-0.15, -0.1) is 0 Å². The number of halogens is 1. The number of piperazine rings is 1. The van der Waals surface area contributed by atoms with Crippen molar-refractivity contribution in [3.05, 3.63) is 35.6 Å². The van der Waals surface area contributed by atoms with Gasteiger partial charge in [0.2, 0.25) is 11.8 Å². The van der Waals surface area contributed by atoms with Crippen molar-refractivity contribution >= 4 is 11.8 Å². The van der Waals surface area contributed by atoms with E-state index >= 15 is 0 Å². The van der Waals surface area contributed by atoms with E-state index in [-0.39, 0.29) is 23.7 Å². The lowest BCUT2D eigenvalue weighted by molar-refractivity contribution is -0.129. The predicted octanol–water partition coefficient (Wildman–Crippen LogP) is 0.526. The molecule has 1 unspecified atom stereocenters. The molecule has 3 rings (SSSR count). The van der Waals surface area contributed by atoms with E-state index in [1.54, 1.807) is 19.2 Å². The Balaban J connectivity index is 1.57. The van der Waals surface area contributed by atoms with Gasteiger partial charge in [-0.25, -0.2) is 4.39 Å². The van der Waals surface area contributed by atoms with Crippen LogP contribution in [0, 0.1) is 5.82 Å². The number of ether oxygens (including phenoxy) is 1. The van der Waals surface area contributed by atoms with Crippen molar-refractivity contribution in [1.29, 1.82) is 0 Å². The highest BCUT2D eigenvalue weighted by Crippen LogP contribution is 2.26. The molecule has 28 heavy (non-hydrogen) atoms. The summed E-state index contributed by atoms with van der Waals surface area (Å²) in [5.41, 5.74) is 0.797. The number of rotatable bonds is 9. The van der Waals surface area contributed by atoms with Gasteiger partial charge in [0.25, 0.3) is 0 Å². The summed E-state index contributed by atoms with van der Waals surface area (Å²) in [6.07, 6.45) is 2.04. The van der Waals surface area contributed by atoms with Crippen molar-refractivity contribution < 1.29 is 18.7 Å². The number of nitrogens with zero attached hydrogens (tertiary/aromatic N) is 2. The topological polar surface area (TPSA) is 73.9 Å². The van der Waals surface area contributed by atoms with Gasteiger partial charge in [-0.3, -0.25) is 19.4 Å². The first-order valence-electron chi connectivity index (χ1n) is 9.84.